The van der Waals surface area contributed by atoms with Crippen LogP contribution in [-0.4, -0.2) is 93.4 Å². The highest BCUT2D eigenvalue weighted by Crippen LogP contribution is 2.42. The zero-order valence-electron chi connectivity index (χ0n) is 35.6. The summed E-state index contributed by atoms with van der Waals surface area (Å²) in [5.41, 5.74) is 19.3. The maximum atomic E-state index is 6.91. The Morgan fingerprint density at radius 3 is 1.27 bits per heavy atom. The van der Waals surface area contributed by atoms with Crippen molar-refractivity contribution in [3.8, 4) is 45.3 Å². The molecule has 10 aromatic rings. The fraction of sp³-hybridized carbons (Fsp3) is 0. The van der Waals surface area contributed by atoms with Gasteiger partial charge in [-0.1, -0.05) is 107 Å². The Hall–Kier alpha value is -6.00. The Morgan fingerprint density at radius 1 is 0.339 bits per heavy atom. The van der Waals surface area contributed by atoms with Gasteiger partial charge in [0.15, 0.2) is 17.5 Å². The van der Waals surface area contributed by atoms with E-state index in [0.717, 1.165) is 49.8 Å². The molecule has 0 saturated carbocycles. The number of fused-ring (bicyclic) bond motifs is 9. The van der Waals surface area contributed by atoms with Crippen LogP contribution in [0.3, 0.4) is 0 Å². The maximum Gasteiger partial charge on any atom is 0.167 e. The lowest BCUT2D eigenvalue weighted by Gasteiger charge is -2.22. The second-order valence-corrected chi connectivity index (χ2v) is 16.6. The average Bonchev–Trinajstić information content (AvgIpc) is 3.66. The molecule has 0 aliphatic carbocycles. The molecule has 0 atom stereocenters. The van der Waals surface area contributed by atoms with Crippen molar-refractivity contribution in [2.75, 3.05) is 0 Å². The normalized spacial score (nSPS) is 11.7. The topological polar surface area (TPSA) is 51.8 Å². The number of para-hydroxylation sites is 1. The summed E-state index contributed by atoms with van der Waals surface area (Å²) in [5.74, 6) is 1.97. The number of aromatic nitrogens is 3. The molecular weight excluding hydrogens is 707 g/mol. The van der Waals surface area contributed by atoms with Crippen LogP contribution < -0.4 is 54.6 Å². The summed E-state index contributed by atoms with van der Waals surface area (Å²) in [7, 11) is 22.0. The smallest absolute Gasteiger partial charge is 0.167 e. The molecule has 0 aliphatic heterocycles. The molecule has 0 fully saturated rings. The molecule has 2 aromatic heterocycles. The highest BCUT2D eigenvalue weighted by atomic mass is 16.3. The van der Waals surface area contributed by atoms with Gasteiger partial charge in [-0.05, 0) is 61.6 Å². The third-order valence-corrected chi connectivity index (χ3v) is 13.9. The zero-order chi connectivity index (χ0) is 41.0. The Balaban J connectivity index is 1.23. The molecular formula is C45H37B10N3O. The van der Waals surface area contributed by atoms with Gasteiger partial charge in [-0.3, -0.25) is 0 Å². The van der Waals surface area contributed by atoms with Gasteiger partial charge >= 0.3 is 0 Å². The zero-order valence-corrected chi connectivity index (χ0v) is 35.6. The lowest BCUT2D eigenvalue weighted by atomic mass is 9.60. The lowest BCUT2D eigenvalue weighted by molar-refractivity contribution is 0.669. The largest absolute Gasteiger partial charge is 0.455 e. The van der Waals surface area contributed by atoms with Crippen molar-refractivity contribution in [3.05, 3.63) is 103 Å². The summed E-state index contributed by atoms with van der Waals surface area (Å²) < 4.78 is 6.91. The summed E-state index contributed by atoms with van der Waals surface area (Å²) in [6, 6.07) is 37.2. The van der Waals surface area contributed by atoms with Crippen molar-refractivity contribution in [1.82, 2.24) is 15.0 Å². The Kier molecular flexibility index (Phi) is 8.72. The minimum atomic E-state index is 0.602. The number of hydrogen-bond donors (Lipinski definition) is 0. The minimum absolute atomic E-state index is 0.602. The van der Waals surface area contributed by atoms with E-state index in [0.29, 0.717) is 17.5 Å². The van der Waals surface area contributed by atoms with Crippen molar-refractivity contribution < 1.29 is 4.42 Å². The van der Waals surface area contributed by atoms with Gasteiger partial charge in [-0.15, -0.1) is 32.8 Å². The van der Waals surface area contributed by atoms with Crippen LogP contribution in [0.25, 0.3) is 99.5 Å². The van der Waals surface area contributed by atoms with Gasteiger partial charge in [-0.2, -0.15) is 0 Å². The summed E-state index contributed by atoms with van der Waals surface area (Å²) in [6.07, 6.45) is 0. The summed E-state index contributed by atoms with van der Waals surface area (Å²) >= 11 is 0. The molecule has 2 heterocycles. The molecule has 0 radical (unpaired) electrons. The fourth-order valence-electron chi connectivity index (χ4n) is 9.73. The van der Waals surface area contributed by atoms with E-state index >= 15 is 0 Å². The van der Waals surface area contributed by atoms with Gasteiger partial charge in [0.2, 0.25) is 0 Å². The average molecular weight is 744 g/mol. The van der Waals surface area contributed by atoms with Crippen LogP contribution in [0.2, 0.25) is 0 Å². The second-order valence-electron chi connectivity index (χ2n) is 16.6. The maximum absolute atomic E-state index is 6.91. The first kappa shape index (κ1) is 37.3. The molecule has 8 aromatic carbocycles. The first-order chi connectivity index (χ1) is 28.4. The van der Waals surface area contributed by atoms with Crippen LogP contribution in [0.15, 0.2) is 108 Å². The second kappa shape index (κ2) is 13.8. The predicted octanol–water partition coefficient (Wildman–Crippen LogP) is -5.52. The van der Waals surface area contributed by atoms with E-state index in [9.17, 15) is 0 Å². The van der Waals surface area contributed by atoms with Crippen LogP contribution in [-0.2, 0) is 0 Å². The van der Waals surface area contributed by atoms with E-state index in [4.69, 9.17) is 19.4 Å². The molecule has 10 rings (SSSR count). The van der Waals surface area contributed by atoms with E-state index in [1.54, 1.807) is 0 Å². The van der Waals surface area contributed by atoms with E-state index in [1.807, 2.05) is 0 Å². The molecule has 268 valence electrons. The highest BCUT2D eigenvalue weighted by molar-refractivity contribution is 6.70. The molecule has 0 bridgehead atoms. The van der Waals surface area contributed by atoms with Gasteiger partial charge < -0.3 is 4.42 Å². The Labute approximate surface area is 353 Å². The number of nitrogens with zero attached hydrogens (tertiary/aromatic N) is 3. The number of rotatable bonds is 4. The van der Waals surface area contributed by atoms with Crippen molar-refractivity contribution in [3.63, 3.8) is 0 Å². The van der Waals surface area contributed by atoms with E-state index in [-0.39, 0.29) is 0 Å². The van der Waals surface area contributed by atoms with E-state index < -0.39 is 0 Å². The third kappa shape index (κ3) is 5.55. The molecule has 4 nitrogen and oxygen atoms in total. The van der Waals surface area contributed by atoms with Crippen LogP contribution in [0.1, 0.15) is 0 Å². The van der Waals surface area contributed by atoms with Crippen molar-refractivity contribution in [2.45, 2.75) is 0 Å². The molecule has 0 saturated heterocycles. The van der Waals surface area contributed by atoms with Crippen molar-refractivity contribution in [2.24, 2.45) is 0 Å². The van der Waals surface area contributed by atoms with Gasteiger partial charge in [-0.25, -0.2) is 15.0 Å². The molecule has 0 amide bonds. The van der Waals surface area contributed by atoms with Gasteiger partial charge in [0.1, 0.15) is 89.6 Å². The van der Waals surface area contributed by atoms with Gasteiger partial charge in [0, 0.05) is 21.9 Å². The monoisotopic (exact) mass is 745 g/mol. The summed E-state index contributed by atoms with van der Waals surface area (Å²) in [6.45, 7) is 0. The third-order valence-electron chi connectivity index (χ3n) is 13.9. The molecule has 0 aliphatic rings. The first-order valence-electron chi connectivity index (χ1n) is 20.6. The SMILES string of the molecule is Bc1c(B)c(B)c(-c2nc(-c3c(B)c(B)c(B)c(B)c3B)nc(-c3cccc4c3oc3cccc(-c5ccc6c7ccccc7c7ccccc7c6c5)c34)n2)c(B)c1B. The molecule has 0 unspecified atom stereocenters. The van der Waals surface area contributed by atoms with Crippen LogP contribution in [0, 0.1) is 0 Å². The molecule has 0 spiro atoms. The van der Waals surface area contributed by atoms with E-state index in [2.05, 4.69) is 182 Å². The lowest BCUT2D eigenvalue weighted by Crippen LogP contribution is -2.55. The van der Waals surface area contributed by atoms with Gasteiger partial charge in [0.25, 0.3) is 0 Å². The number of furan rings is 1. The number of hydrogen-bond acceptors (Lipinski definition) is 4. The standard InChI is InChI=1S/C45H37B10N3O/c46-32-30(33(47)37(51)40(54)36(32)50)44-56-43(57-45(58-44)31-34(48)38(52)41(55)39(53)35(31)49)26-13-5-12-25-29-19(11-6-14-28(29)59-42(25)26)18-15-16-24-22-9-2-1-7-20(22)21-8-3-4-10-23(21)27(24)17-18/h1-17H,46-55H2. The Morgan fingerprint density at radius 2 is 0.746 bits per heavy atom. The van der Waals surface area contributed by atoms with Crippen LogP contribution >= 0.6 is 0 Å². The minimum Gasteiger partial charge on any atom is -0.455 e. The molecule has 59 heavy (non-hydrogen) atoms. The van der Waals surface area contributed by atoms with Gasteiger partial charge in [0.05, 0.1) is 5.56 Å². The highest BCUT2D eigenvalue weighted by Gasteiger charge is 2.24. The van der Waals surface area contributed by atoms with E-state index in [1.165, 1.54) is 86.9 Å². The summed E-state index contributed by atoms with van der Waals surface area (Å²) in [5, 5.41) is 9.67. The molecule has 14 heteroatoms. The quantitative estimate of drug-likeness (QED) is 0.134. The fourth-order valence-corrected chi connectivity index (χ4v) is 9.73. The van der Waals surface area contributed by atoms with Crippen molar-refractivity contribution in [1.29, 1.82) is 0 Å². The molecule has 0 N–H and O–H groups in total. The first-order valence-corrected chi connectivity index (χ1v) is 20.6. The summed E-state index contributed by atoms with van der Waals surface area (Å²) in [4.78, 5) is 16.1. The predicted molar refractivity (Wildman–Crippen MR) is 283 cm³/mol. The van der Waals surface area contributed by atoms with Crippen LogP contribution in [0.4, 0.5) is 0 Å². The van der Waals surface area contributed by atoms with Crippen LogP contribution in [0.5, 0.6) is 0 Å². The Bertz CT molecular complexity index is 3300. The van der Waals surface area contributed by atoms with Crippen molar-refractivity contribution >= 4 is 187 Å². The number of benzene rings is 8.